The quantitative estimate of drug-likeness (QED) is 0.597. The van der Waals surface area contributed by atoms with Crippen LogP contribution in [0.1, 0.15) is 23.1 Å². The summed E-state index contributed by atoms with van der Waals surface area (Å²) in [6.45, 7) is 3.48. The van der Waals surface area contributed by atoms with Crippen LogP contribution in [0.3, 0.4) is 0 Å². The highest BCUT2D eigenvalue weighted by molar-refractivity contribution is 5.96. The summed E-state index contributed by atoms with van der Waals surface area (Å²) in [5, 5.41) is 2.55. The molecule has 5 rings (SSSR count). The molecule has 30 heavy (non-hydrogen) atoms. The summed E-state index contributed by atoms with van der Waals surface area (Å²) in [4.78, 5) is 14.8. The number of hydrogen-bond acceptors (Lipinski definition) is 3. The van der Waals surface area contributed by atoms with Gasteiger partial charge in [-0.15, -0.1) is 0 Å². The molecule has 152 valence electrons. The Morgan fingerprint density at radius 1 is 1.00 bits per heavy atom. The Bertz CT molecular complexity index is 1110. The molecule has 0 radical (unpaired) electrons. The molecule has 3 aromatic carbocycles. The lowest BCUT2D eigenvalue weighted by atomic mass is 9.87. The van der Waals surface area contributed by atoms with E-state index in [4.69, 9.17) is 9.47 Å². The van der Waals surface area contributed by atoms with Gasteiger partial charge in [0.1, 0.15) is 6.61 Å². The minimum Gasteiger partial charge on any atom is -0.445 e. The number of nitrogens with zero attached hydrogens (tertiary/aromatic N) is 1. The maximum absolute atomic E-state index is 12.9. The van der Waals surface area contributed by atoms with E-state index in [1.165, 1.54) is 27.5 Å². The van der Waals surface area contributed by atoms with Crippen LogP contribution in [0.15, 0.2) is 72.8 Å². The minimum atomic E-state index is -0.263. The first-order valence-electron chi connectivity index (χ1n) is 10.5. The van der Waals surface area contributed by atoms with Gasteiger partial charge in [-0.1, -0.05) is 72.8 Å². The molecule has 2 aliphatic rings. The Morgan fingerprint density at radius 2 is 1.77 bits per heavy atom. The molecule has 2 aliphatic heterocycles. The Kier molecular flexibility index (Phi) is 5.01. The molecule has 3 aromatic rings. The van der Waals surface area contributed by atoms with E-state index in [0.29, 0.717) is 13.2 Å². The fraction of sp³-hybridized carbons (Fsp3) is 0.269. The number of amides is 1. The second-order valence-electron chi connectivity index (χ2n) is 8.08. The van der Waals surface area contributed by atoms with Crippen molar-refractivity contribution in [3.05, 3.63) is 89.5 Å². The summed E-state index contributed by atoms with van der Waals surface area (Å²) < 4.78 is 11.4. The van der Waals surface area contributed by atoms with Crippen molar-refractivity contribution in [2.24, 2.45) is 0 Å². The molecule has 0 aliphatic carbocycles. The summed E-state index contributed by atoms with van der Waals surface area (Å²) in [5.41, 5.74) is 4.81. The maximum Gasteiger partial charge on any atom is 0.411 e. The highest BCUT2D eigenvalue weighted by Gasteiger charge is 2.39. The van der Waals surface area contributed by atoms with Crippen molar-refractivity contribution in [3.63, 3.8) is 0 Å². The number of benzene rings is 3. The monoisotopic (exact) mass is 399 g/mol. The second-order valence-corrected chi connectivity index (χ2v) is 8.08. The van der Waals surface area contributed by atoms with Crippen molar-refractivity contribution in [2.45, 2.75) is 32.0 Å². The molecule has 1 saturated heterocycles. The van der Waals surface area contributed by atoms with E-state index >= 15 is 0 Å². The zero-order valence-corrected chi connectivity index (χ0v) is 17.1. The Morgan fingerprint density at radius 3 is 2.57 bits per heavy atom. The molecule has 0 saturated carbocycles. The maximum atomic E-state index is 12.9. The molecule has 0 aromatic heterocycles. The normalized spacial score (nSPS) is 20.7. The predicted molar refractivity (Wildman–Crippen MR) is 118 cm³/mol. The van der Waals surface area contributed by atoms with Crippen molar-refractivity contribution >= 4 is 22.4 Å². The van der Waals surface area contributed by atoms with Gasteiger partial charge in [0.05, 0.1) is 25.3 Å². The van der Waals surface area contributed by atoms with Gasteiger partial charge < -0.3 is 9.47 Å². The van der Waals surface area contributed by atoms with Gasteiger partial charge in [-0.05, 0) is 46.4 Å². The second kappa shape index (κ2) is 7.96. The number of carbonyl (C=O) groups is 1. The lowest BCUT2D eigenvalue weighted by molar-refractivity contribution is -0.0342. The molecule has 1 fully saturated rings. The van der Waals surface area contributed by atoms with Gasteiger partial charge in [0, 0.05) is 0 Å². The van der Waals surface area contributed by atoms with Crippen LogP contribution in [0.2, 0.25) is 0 Å². The molecule has 4 heteroatoms. The third kappa shape index (κ3) is 3.48. The van der Waals surface area contributed by atoms with Gasteiger partial charge in [0.25, 0.3) is 0 Å². The summed E-state index contributed by atoms with van der Waals surface area (Å²) in [5.74, 6) is 0. The summed E-state index contributed by atoms with van der Waals surface area (Å²) in [7, 11) is 0. The van der Waals surface area contributed by atoms with Gasteiger partial charge in [0.15, 0.2) is 0 Å². The molecule has 2 heterocycles. The summed E-state index contributed by atoms with van der Waals surface area (Å²) in [6, 6.07) is 22.6. The molecule has 2 bridgehead atoms. The van der Waals surface area contributed by atoms with Crippen molar-refractivity contribution in [1.29, 1.82) is 0 Å². The first-order valence-corrected chi connectivity index (χ1v) is 10.5. The van der Waals surface area contributed by atoms with E-state index in [1.807, 2.05) is 35.2 Å². The molecule has 0 spiro atoms. The minimum absolute atomic E-state index is 0.00733. The van der Waals surface area contributed by atoms with Crippen LogP contribution in [0.4, 0.5) is 4.79 Å². The first-order chi connectivity index (χ1) is 14.7. The fourth-order valence-electron chi connectivity index (χ4n) is 4.60. The van der Waals surface area contributed by atoms with Crippen LogP contribution >= 0.6 is 0 Å². The average molecular weight is 399 g/mol. The number of carbonyl (C=O) groups excluding carboxylic acids is 1. The molecule has 0 N–H and O–H groups in total. The number of ether oxygens (including phenoxy) is 2. The van der Waals surface area contributed by atoms with E-state index in [-0.39, 0.29) is 24.8 Å². The van der Waals surface area contributed by atoms with Crippen molar-refractivity contribution in [3.8, 4) is 0 Å². The SMILES string of the molecule is Cc1ccc(C2=CC3COCC(C2)N3C(=O)OCc2ccccc2)c2ccccc12. The van der Waals surface area contributed by atoms with Gasteiger partial charge in [-0.3, -0.25) is 4.90 Å². The average Bonchev–Trinajstić information content (AvgIpc) is 2.78. The van der Waals surface area contributed by atoms with Gasteiger partial charge in [-0.2, -0.15) is 0 Å². The number of rotatable bonds is 3. The van der Waals surface area contributed by atoms with Gasteiger partial charge >= 0.3 is 6.09 Å². The summed E-state index contributed by atoms with van der Waals surface area (Å²) >= 11 is 0. The fourth-order valence-corrected chi connectivity index (χ4v) is 4.60. The third-order valence-corrected chi connectivity index (χ3v) is 6.10. The summed E-state index contributed by atoms with van der Waals surface area (Å²) in [6.07, 6.45) is 2.70. The molecule has 2 atom stereocenters. The number of fused-ring (bicyclic) bond motifs is 3. The topological polar surface area (TPSA) is 38.8 Å². The van der Waals surface area contributed by atoms with E-state index in [1.54, 1.807) is 0 Å². The van der Waals surface area contributed by atoms with E-state index in [2.05, 4.69) is 49.4 Å². The van der Waals surface area contributed by atoms with E-state index < -0.39 is 0 Å². The van der Waals surface area contributed by atoms with Crippen LogP contribution in [0, 0.1) is 6.92 Å². The van der Waals surface area contributed by atoms with Crippen LogP contribution < -0.4 is 0 Å². The molecule has 2 unspecified atom stereocenters. The Labute approximate surface area is 176 Å². The number of morpholine rings is 1. The van der Waals surface area contributed by atoms with Crippen LogP contribution in [0.5, 0.6) is 0 Å². The van der Waals surface area contributed by atoms with Gasteiger partial charge in [-0.25, -0.2) is 4.79 Å². The zero-order chi connectivity index (χ0) is 20.5. The predicted octanol–water partition coefficient (Wildman–Crippen LogP) is 5.34. The van der Waals surface area contributed by atoms with Crippen molar-refractivity contribution in [1.82, 2.24) is 4.90 Å². The standard InChI is InChI=1S/C26H25NO3/c1-18-11-12-24(25-10-6-5-9-23(18)25)20-13-21-16-29-17-22(14-20)27(21)26(28)30-15-19-7-3-2-4-8-19/h2-13,21-22H,14-17H2,1H3. The first kappa shape index (κ1) is 18.9. The third-order valence-electron chi connectivity index (χ3n) is 6.10. The zero-order valence-electron chi connectivity index (χ0n) is 17.1. The Hall–Kier alpha value is -3.11. The van der Waals surface area contributed by atoms with E-state index in [9.17, 15) is 4.79 Å². The van der Waals surface area contributed by atoms with E-state index in [0.717, 1.165) is 12.0 Å². The van der Waals surface area contributed by atoms with Gasteiger partial charge in [0.2, 0.25) is 0 Å². The highest BCUT2D eigenvalue weighted by Crippen LogP contribution is 2.36. The highest BCUT2D eigenvalue weighted by atomic mass is 16.6. The van der Waals surface area contributed by atoms with Crippen LogP contribution in [-0.4, -0.2) is 36.3 Å². The van der Waals surface area contributed by atoms with Crippen LogP contribution in [0.25, 0.3) is 16.3 Å². The lowest BCUT2D eigenvalue weighted by Gasteiger charge is -2.44. The molecule has 4 nitrogen and oxygen atoms in total. The van der Waals surface area contributed by atoms with Crippen LogP contribution in [-0.2, 0) is 16.1 Å². The largest absolute Gasteiger partial charge is 0.445 e. The van der Waals surface area contributed by atoms with Crippen molar-refractivity contribution < 1.29 is 14.3 Å². The molecular weight excluding hydrogens is 374 g/mol. The smallest absolute Gasteiger partial charge is 0.411 e. The molecular formula is C26H25NO3. The lowest BCUT2D eigenvalue weighted by Crippen LogP contribution is -2.56. The number of aryl methyl sites for hydroxylation is 1. The van der Waals surface area contributed by atoms with Crippen molar-refractivity contribution in [2.75, 3.05) is 13.2 Å². The molecule has 1 amide bonds. The Balaban J connectivity index is 1.42. The number of hydrogen-bond donors (Lipinski definition) is 0.